The van der Waals surface area contributed by atoms with Gasteiger partial charge >= 0.3 is 0 Å². The molecule has 0 unspecified atom stereocenters. The Morgan fingerprint density at radius 2 is 2.04 bits per heavy atom. The lowest BCUT2D eigenvalue weighted by molar-refractivity contribution is -0.384. The molecular weight excluding hydrogens is 392 g/mol. The highest BCUT2D eigenvalue weighted by atomic mass is 35.5. The van der Waals surface area contributed by atoms with E-state index in [1.54, 1.807) is 37.3 Å². The lowest BCUT2D eigenvalue weighted by Gasteiger charge is -2.11. The van der Waals surface area contributed by atoms with Gasteiger partial charge in [0.15, 0.2) is 0 Å². The van der Waals surface area contributed by atoms with Crippen molar-refractivity contribution in [2.24, 2.45) is 0 Å². The Balaban J connectivity index is 1.71. The molecule has 1 heterocycles. The number of tetrazole rings is 1. The molecule has 0 saturated carbocycles. The largest absolute Gasteiger partial charge is 0.325 e. The van der Waals surface area contributed by atoms with Crippen LogP contribution in [0.4, 0.5) is 11.4 Å². The Labute approximate surface area is 162 Å². The van der Waals surface area contributed by atoms with E-state index in [1.807, 2.05) is 0 Å². The first-order valence-electron chi connectivity index (χ1n) is 7.70. The van der Waals surface area contributed by atoms with Crippen molar-refractivity contribution in [3.8, 4) is 5.69 Å². The number of nitro groups is 1. The predicted molar refractivity (Wildman–Crippen MR) is 101 cm³/mol. The number of nitrogens with zero attached hydrogens (tertiary/aromatic N) is 5. The molecule has 0 bridgehead atoms. The van der Waals surface area contributed by atoms with E-state index in [0.717, 1.165) is 11.8 Å². The number of hydrogen-bond donors (Lipinski definition) is 1. The predicted octanol–water partition coefficient (Wildman–Crippen LogP) is 3.34. The number of carbonyl (C=O) groups excluding carboxylic acids is 1. The molecule has 27 heavy (non-hydrogen) atoms. The Hall–Kier alpha value is -2.98. The van der Waals surface area contributed by atoms with Crippen LogP contribution in [0.3, 0.4) is 0 Å². The summed E-state index contributed by atoms with van der Waals surface area (Å²) in [5.41, 5.74) is 0.955. The van der Waals surface area contributed by atoms with E-state index < -0.39 is 10.2 Å². The molecule has 138 valence electrons. The maximum Gasteiger partial charge on any atom is 0.271 e. The average Bonchev–Trinajstić information content (AvgIpc) is 3.10. The fourth-order valence-electron chi connectivity index (χ4n) is 2.15. The Morgan fingerprint density at radius 1 is 1.30 bits per heavy atom. The van der Waals surface area contributed by atoms with Crippen molar-refractivity contribution in [2.75, 3.05) is 5.32 Å². The number of anilines is 1. The minimum atomic E-state index is -0.540. The van der Waals surface area contributed by atoms with Gasteiger partial charge in [0.25, 0.3) is 5.69 Å². The number of thioether (sulfide) groups is 1. The minimum Gasteiger partial charge on any atom is -0.325 e. The third-order valence-electron chi connectivity index (χ3n) is 3.49. The minimum absolute atomic E-state index is 0.0974. The van der Waals surface area contributed by atoms with Crippen LogP contribution in [0.1, 0.15) is 6.92 Å². The lowest BCUT2D eigenvalue weighted by atomic mass is 10.2. The molecule has 1 atom stereocenters. The zero-order valence-electron chi connectivity index (χ0n) is 13.9. The maximum atomic E-state index is 12.4. The molecule has 0 saturated heterocycles. The molecule has 11 heteroatoms. The number of non-ortho nitro benzene ring substituents is 1. The normalized spacial score (nSPS) is 11.8. The van der Waals surface area contributed by atoms with E-state index in [2.05, 4.69) is 20.8 Å². The first kappa shape index (κ1) is 18.8. The number of halogens is 1. The third kappa shape index (κ3) is 4.60. The highest BCUT2D eigenvalue weighted by molar-refractivity contribution is 8.00. The summed E-state index contributed by atoms with van der Waals surface area (Å²) >= 11 is 7.05. The quantitative estimate of drug-likeness (QED) is 0.380. The Bertz CT molecular complexity index is 978. The van der Waals surface area contributed by atoms with Gasteiger partial charge in [0.05, 0.1) is 15.9 Å². The standard InChI is InChI=1S/C16H13ClN6O3S/c1-10(15(24)18-12-3-2-4-14(9-12)23(25)26)27-16-19-20-21-22(16)13-7-5-11(17)6-8-13/h2-10H,1H3,(H,18,24)/t10-/m0/s1. The van der Waals surface area contributed by atoms with Gasteiger partial charge < -0.3 is 5.32 Å². The summed E-state index contributed by atoms with van der Waals surface area (Å²) in [4.78, 5) is 22.7. The molecule has 0 aliphatic carbocycles. The number of rotatable bonds is 6. The van der Waals surface area contributed by atoms with E-state index in [9.17, 15) is 14.9 Å². The first-order valence-corrected chi connectivity index (χ1v) is 8.96. The summed E-state index contributed by atoms with van der Waals surface area (Å²) in [6.07, 6.45) is 0. The zero-order valence-corrected chi connectivity index (χ0v) is 15.5. The summed E-state index contributed by atoms with van der Waals surface area (Å²) in [6.45, 7) is 1.69. The smallest absolute Gasteiger partial charge is 0.271 e. The summed E-state index contributed by atoms with van der Waals surface area (Å²) < 4.78 is 1.50. The zero-order chi connectivity index (χ0) is 19.4. The molecule has 3 rings (SSSR count). The van der Waals surface area contributed by atoms with E-state index in [4.69, 9.17) is 11.6 Å². The van der Waals surface area contributed by atoms with Gasteiger partial charge in [-0.25, -0.2) is 0 Å². The van der Waals surface area contributed by atoms with Crippen LogP contribution in [-0.4, -0.2) is 36.3 Å². The second-order valence-electron chi connectivity index (χ2n) is 5.41. The topological polar surface area (TPSA) is 116 Å². The van der Waals surface area contributed by atoms with Gasteiger partial charge in [-0.1, -0.05) is 29.4 Å². The molecule has 0 radical (unpaired) electrons. The molecule has 1 N–H and O–H groups in total. The molecule has 2 aromatic carbocycles. The van der Waals surface area contributed by atoms with Crippen LogP contribution in [0.5, 0.6) is 0 Å². The van der Waals surface area contributed by atoms with E-state index in [0.29, 0.717) is 21.6 Å². The van der Waals surface area contributed by atoms with Crippen LogP contribution in [-0.2, 0) is 4.79 Å². The Morgan fingerprint density at radius 3 is 2.74 bits per heavy atom. The lowest BCUT2D eigenvalue weighted by Crippen LogP contribution is -2.23. The van der Waals surface area contributed by atoms with Crippen LogP contribution in [0.2, 0.25) is 5.02 Å². The van der Waals surface area contributed by atoms with Gasteiger partial charge in [0.1, 0.15) is 0 Å². The van der Waals surface area contributed by atoms with Crippen molar-refractivity contribution < 1.29 is 9.72 Å². The van der Waals surface area contributed by atoms with Gasteiger partial charge in [-0.2, -0.15) is 4.68 Å². The van der Waals surface area contributed by atoms with Crippen molar-refractivity contribution in [3.63, 3.8) is 0 Å². The highest BCUT2D eigenvalue weighted by Gasteiger charge is 2.20. The van der Waals surface area contributed by atoms with Crippen molar-refractivity contribution >= 4 is 40.6 Å². The average molecular weight is 405 g/mol. The molecule has 1 amide bonds. The summed E-state index contributed by atoms with van der Waals surface area (Å²) in [7, 11) is 0. The summed E-state index contributed by atoms with van der Waals surface area (Å²) in [5, 5.41) is 25.5. The number of nitrogens with one attached hydrogen (secondary N) is 1. The number of amides is 1. The van der Waals surface area contributed by atoms with Crippen molar-refractivity contribution in [1.29, 1.82) is 0 Å². The molecule has 0 fully saturated rings. The molecular formula is C16H13ClN6O3S. The highest BCUT2D eigenvalue weighted by Crippen LogP contribution is 2.25. The number of nitro benzene ring substituents is 1. The van der Waals surface area contributed by atoms with E-state index >= 15 is 0 Å². The molecule has 1 aromatic heterocycles. The van der Waals surface area contributed by atoms with Crippen LogP contribution >= 0.6 is 23.4 Å². The van der Waals surface area contributed by atoms with Crippen LogP contribution in [0.15, 0.2) is 53.7 Å². The fourth-order valence-corrected chi connectivity index (χ4v) is 3.08. The number of hydrogen-bond acceptors (Lipinski definition) is 7. The van der Waals surface area contributed by atoms with E-state index in [1.165, 1.54) is 22.9 Å². The number of benzene rings is 2. The first-order chi connectivity index (χ1) is 12.9. The van der Waals surface area contributed by atoms with Gasteiger partial charge in [-0.3, -0.25) is 14.9 Å². The summed E-state index contributed by atoms with van der Waals surface area (Å²) in [6, 6.07) is 12.7. The van der Waals surface area contributed by atoms with Gasteiger partial charge in [0.2, 0.25) is 11.1 Å². The monoisotopic (exact) mass is 404 g/mol. The summed E-state index contributed by atoms with van der Waals surface area (Å²) in [5.74, 6) is -0.328. The Kier molecular flexibility index (Phi) is 5.67. The second-order valence-corrected chi connectivity index (χ2v) is 7.15. The number of aromatic nitrogens is 4. The van der Waals surface area contributed by atoms with Crippen LogP contribution in [0.25, 0.3) is 5.69 Å². The van der Waals surface area contributed by atoms with Crippen molar-refractivity contribution in [2.45, 2.75) is 17.3 Å². The molecule has 0 aliphatic rings. The number of carbonyl (C=O) groups is 1. The molecule has 0 spiro atoms. The van der Waals surface area contributed by atoms with Gasteiger partial charge in [0, 0.05) is 22.8 Å². The van der Waals surface area contributed by atoms with Crippen molar-refractivity contribution in [1.82, 2.24) is 20.2 Å². The molecule has 3 aromatic rings. The van der Waals surface area contributed by atoms with Gasteiger partial charge in [-0.05, 0) is 47.7 Å². The van der Waals surface area contributed by atoms with E-state index in [-0.39, 0.29) is 11.6 Å². The van der Waals surface area contributed by atoms with Gasteiger partial charge in [-0.15, -0.1) is 5.10 Å². The SMILES string of the molecule is C[C@H](Sc1nnnn1-c1ccc(Cl)cc1)C(=O)Nc1cccc([N+](=O)[O-])c1. The second kappa shape index (κ2) is 8.14. The third-order valence-corrected chi connectivity index (χ3v) is 4.77. The van der Waals surface area contributed by atoms with Crippen LogP contribution in [0, 0.1) is 10.1 Å². The van der Waals surface area contributed by atoms with Crippen molar-refractivity contribution in [3.05, 3.63) is 63.7 Å². The molecule has 9 nitrogen and oxygen atoms in total. The fraction of sp³-hybridized carbons (Fsp3) is 0.125. The maximum absolute atomic E-state index is 12.4. The van der Waals surface area contributed by atoms with Crippen LogP contribution < -0.4 is 5.32 Å². The molecule has 0 aliphatic heterocycles.